The molecule has 0 amide bonds. The van der Waals surface area contributed by atoms with E-state index in [1.165, 1.54) is 0 Å². The van der Waals surface area contributed by atoms with Gasteiger partial charge in [0.2, 0.25) is 0 Å². The Morgan fingerprint density at radius 3 is 3.06 bits per heavy atom. The minimum atomic E-state index is -2.48. The number of alkyl halides is 2. The molecule has 3 N–H and O–H groups in total. The molecule has 0 saturated carbocycles. The molecule has 0 radical (unpaired) electrons. The summed E-state index contributed by atoms with van der Waals surface area (Å²) in [6.07, 6.45) is -1.76. The third kappa shape index (κ3) is 3.09. The van der Waals surface area contributed by atoms with Crippen LogP contribution in [0.3, 0.4) is 0 Å². The maximum absolute atomic E-state index is 12.0. The van der Waals surface area contributed by atoms with E-state index >= 15 is 0 Å². The molecule has 0 saturated heterocycles. The van der Waals surface area contributed by atoms with E-state index in [2.05, 4.69) is 10.3 Å². The minimum absolute atomic E-state index is 0.0389. The fourth-order valence-corrected chi connectivity index (χ4v) is 1.88. The SMILES string of the molecule is NC(=NCC(F)F)NC1CCOc2ccccc21. The monoisotopic (exact) mass is 255 g/mol. The van der Waals surface area contributed by atoms with E-state index in [1.807, 2.05) is 24.3 Å². The molecule has 1 heterocycles. The summed E-state index contributed by atoms with van der Waals surface area (Å²) in [6, 6.07) is 7.53. The zero-order valence-electron chi connectivity index (χ0n) is 9.77. The quantitative estimate of drug-likeness (QED) is 0.638. The predicted octanol–water partition coefficient (Wildman–Crippen LogP) is 1.68. The van der Waals surface area contributed by atoms with Crippen LogP contribution in [0.5, 0.6) is 5.75 Å². The molecule has 1 aliphatic heterocycles. The van der Waals surface area contributed by atoms with Crippen molar-refractivity contribution in [2.75, 3.05) is 13.2 Å². The van der Waals surface area contributed by atoms with Gasteiger partial charge in [-0.25, -0.2) is 13.8 Å². The van der Waals surface area contributed by atoms with Gasteiger partial charge in [-0.3, -0.25) is 0 Å². The number of nitrogens with one attached hydrogen (secondary N) is 1. The van der Waals surface area contributed by atoms with Crippen molar-refractivity contribution in [1.29, 1.82) is 0 Å². The van der Waals surface area contributed by atoms with Crippen molar-refractivity contribution in [3.05, 3.63) is 29.8 Å². The highest BCUT2D eigenvalue weighted by atomic mass is 19.3. The number of hydrogen-bond acceptors (Lipinski definition) is 2. The van der Waals surface area contributed by atoms with Gasteiger partial charge in [0.25, 0.3) is 6.43 Å². The van der Waals surface area contributed by atoms with Gasteiger partial charge in [0, 0.05) is 12.0 Å². The van der Waals surface area contributed by atoms with E-state index < -0.39 is 13.0 Å². The zero-order chi connectivity index (χ0) is 13.0. The third-order valence-electron chi connectivity index (χ3n) is 2.68. The van der Waals surface area contributed by atoms with Crippen LogP contribution in [-0.4, -0.2) is 25.5 Å². The van der Waals surface area contributed by atoms with Crippen molar-refractivity contribution in [3.8, 4) is 5.75 Å². The first-order valence-electron chi connectivity index (χ1n) is 5.73. The fourth-order valence-electron chi connectivity index (χ4n) is 1.88. The van der Waals surface area contributed by atoms with Gasteiger partial charge in [0.1, 0.15) is 12.3 Å². The second kappa shape index (κ2) is 5.66. The predicted molar refractivity (Wildman–Crippen MR) is 64.9 cm³/mol. The lowest BCUT2D eigenvalue weighted by molar-refractivity contribution is 0.158. The first kappa shape index (κ1) is 12.6. The fraction of sp³-hybridized carbons (Fsp3) is 0.417. The van der Waals surface area contributed by atoms with Crippen LogP contribution in [0.4, 0.5) is 8.78 Å². The van der Waals surface area contributed by atoms with Crippen molar-refractivity contribution in [2.45, 2.75) is 18.9 Å². The first-order chi connectivity index (χ1) is 8.66. The molecule has 6 heteroatoms. The maximum Gasteiger partial charge on any atom is 0.257 e. The van der Waals surface area contributed by atoms with Crippen LogP contribution in [0.15, 0.2) is 29.3 Å². The number of fused-ring (bicyclic) bond motifs is 1. The van der Waals surface area contributed by atoms with Crippen molar-refractivity contribution >= 4 is 5.96 Å². The smallest absolute Gasteiger partial charge is 0.257 e. The van der Waals surface area contributed by atoms with Crippen molar-refractivity contribution in [1.82, 2.24) is 5.32 Å². The van der Waals surface area contributed by atoms with Gasteiger partial charge in [0.05, 0.1) is 12.6 Å². The van der Waals surface area contributed by atoms with Gasteiger partial charge in [-0.15, -0.1) is 0 Å². The third-order valence-corrected chi connectivity index (χ3v) is 2.68. The molecular formula is C12H15F2N3O. The van der Waals surface area contributed by atoms with Crippen LogP contribution in [0, 0.1) is 0 Å². The van der Waals surface area contributed by atoms with Gasteiger partial charge in [-0.1, -0.05) is 18.2 Å². The summed E-state index contributed by atoms with van der Waals surface area (Å²) in [6.45, 7) is -0.0134. The lowest BCUT2D eigenvalue weighted by atomic mass is 10.0. The van der Waals surface area contributed by atoms with Crippen LogP contribution < -0.4 is 15.8 Å². The van der Waals surface area contributed by atoms with Gasteiger partial charge >= 0.3 is 0 Å². The first-order valence-corrected chi connectivity index (χ1v) is 5.73. The number of halogens is 2. The second-order valence-corrected chi connectivity index (χ2v) is 3.99. The Kier molecular flexibility index (Phi) is 3.96. The number of hydrogen-bond donors (Lipinski definition) is 2. The van der Waals surface area contributed by atoms with Crippen molar-refractivity contribution < 1.29 is 13.5 Å². The number of guanidine groups is 1. The number of para-hydroxylation sites is 1. The Hall–Kier alpha value is -1.85. The summed E-state index contributed by atoms with van der Waals surface area (Å²) >= 11 is 0. The standard InChI is InChI=1S/C12H15F2N3O/c13-11(14)7-16-12(15)17-9-5-6-18-10-4-2-1-3-8(9)10/h1-4,9,11H,5-7H2,(H3,15,16,17). The van der Waals surface area contributed by atoms with E-state index in [-0.39, 0.29) is 12.0 Å². The molecule has 1 aromatic rings. The van der Waals surface area contributed by atoms with Gasteiger partial charge < -0.3 is 15.8 Å². The molecule has 1 atom stereocenters. The van der Waals surface area contributed by atoms with E-state index in [9.17, 15) is 8.78 Å². The van der Waals surface area contributed by atoms with Crippen molar-refractivity contribution in [2.24, 2.45) is 10.7 Å². The molecular weight excluding hydrogens is 240 g/mol. The molecule has 0 aromatic heterocycles. The number of nitrogens with two attached hydrogens (primary N) is 1. The summed E-state index contributed by atoms with van der Waals surface area (Å²) in [4.78, 5) is 3.58. The maximum atomic E-state index is 12.0. The number of rotatable bonds is 3. The topological polar surface area (TPSA) is 59.6 Å². The molecule has 0 aliphatic carbocycles. The van der Waals surface area contributed by atoms with Crippen LogP contribution in [0.2, 0.25) is 0 Å². The molecule has 4 nitrogen and oxygen atoms in total. The van der Waals surface area contributed by atoms with Crippen LogP contribution in [0.25, 0.3) is 0 Å². The normalized spacial score (nSPS) is 19.3. The average Bonchev–Trinajstić information content (AvgIpc) is 2.37. The Labute approximate surface area is 104 Å². The van der Waals surface area contributed by atoms with E-state index in [1.54, 1.807) is 0 Å². The Morgan fingerprint density at radius 1 is 1.50 bits per heavy atom. The van der Waals surface area contributed by atoms with E-state index in [0.717, 1.165) is 17.7 Å². The average molecular weight is 255 g/mol. The van der Waals surface area contributed by atoms with Crippen LogP contribution >= 0.6 is 0 Å². The Bertz CT molecular complexity index is 437. The number of ether oxygens (including phenoxy) is 1. The number of aliphatic imine (C=N–C) groups is 1. The Morgan fingerprint density at radius 2 is 2.28 bits per heavy atom. The van der Waals surface area contributed by atoms with Gasteiger partial charge in [-0.05, 0) is 6.07 Å². The van der Waals surface area contributed by atoms with Crippen LogP contribution in [0.1, 0.15) is 18.0 Å². The highest BCUT2D eigenvalue weighted by Gasteiger charge is 2.21. The highest BCUT2D eigenvalue weighted by Crippen LogP contribution is 2.31. The summed E-state index contributed by atoms with van der Waals surface area (Å²) in [7, 11) is 0. The summed E-state index contributed by atoms with van der Waals surface area (Å²) in [5.74, 6) is 0.833. The number of benzene rings is 1. The molecule has 0 bridgehead atoms. The van der Waals surface area contributed by atoms with Crippen molar-refractivity contribution in [3.63, 3.8) is 0 Å². The minimum Gasteiger partial charge on any atom is -0.493 e. The highest BCUT2D eigenvalue weighted by molar-refractivity contribution is 5.78. The lowest BCUT2D eigenvalue weighted by Gasteiger charge is -2.26. The summed E-state index contributed by atoms with van der Waals surface area (Å²) in [5.41, 5.74) is 6.55. The van der Waals surface area contributed by atoms with Gasteiger partial charge in [0.15, 0.2) is 5.96 Å². The summed E-state index contributed by atoms with van der Waals surface area (Å²) in [5, 5.41) is 2.94. The molecule has 98 valence electrons. The lowest BCUT2D eigenvalue weighted by Crippen LogP contribution is -2.37. The molecule has 1 aliphatic rings. The van der Waals surface area contributed by atoms with E-state index in [4.69, 9.17) is 10.5 Å². The molecule has 18 heavy (non-hydrogen) atoms. The molecule has 1 aromatic carbocycles. The molecule has 2 rings (SSSR count). The molecule has 0 spiro atoms. The Balaban J connectivity index is 2.05. The van der Waals surface area contributed by atoms with E-state index in [0.29, 0.717) is 6.61 Å². The van der Waals surface area contributed by atoms with Gasteiger partial charge in [-0.2, -0.15) is 0 Å². The van der Waals surface area contributed by atoms with Crippen LogP contribution in [-0.2, 0) is 0 Å². The largest absolute Gasteiger partial charge is 0.493 e. The second-order valence-electron chi connectivity index (χ2n) is 3.99. The summed E-state index contributed by atoms with van der Waals surface area (Å²) < 4.78 is 29.5. The molecule has 1 unspecified atom stereocenters. The zero-order valence-corrected chi connectivity index (χ0v) is 9.77. The number of nitrogens with zero attached hydrogens (tertiary/aromatic N) is 1. The molecule has 0 fully saturated rings.